The molecule has 2 rings (SSSR count). The Labute approximate surface area is 121 Å². The van der Waals surface area contributed by atoms with Crippen LogP contribution in [0.2, 0.25) is 0 Å². The lowest BCUT2D eigenvalue weighted by molar-refractivity contribution is -0.385. The Morgan fingerprint density at radius 2 is 1.86 bits per heavy atom. The second kappa shape index (κ2) is 5.27. The number of hydrogen-bond acceptors (Lipinski definition) is 2. The van der Waals surface area contributed by atoms with Gasteiger partial charge in [0.25, 0.3) is 12.1 Å². The number of aromatic amines is 1. The molecular formula is C15H16F2N2O2. The summed E-state index contributed by atoms with van der Waals surface area (Å²) in [5.41, 5.74) is -0.0442. The van der Waals surface area contributed by atoms with Crippen LogP contribution in [-0.4, -0.2) is 9.91 Å². The maximum absolute atomic E-state index is 13.1. The van der Waals surface area contributed by atoms with E-state index in [1.807, 2.05) is 20.8 Å². The molecule has 2 aromatic rings. The smallest absolute Gasteiger partial charge is 0.298 e. The van der Waals surface area contributed by atoms with Gasteiger partial charge in [-0.1, -0.05) is 45.0 Å². The molecule has 1 aromatic carbocycles. The van der Waals surface area contributed by atoms with Crippen LogP contribution >= 0.6 is 0 Å². The first-order valence-electron chi connectivity index (χ1n) is 6.47. The summed E-state index contributed by atoms with van der Waals surface area (Å²) in [7, 11) is 0. The highest BCUT2D eigenvalue weighted by molar-refractivity contribution is 5.76. The number of hydrogen-bond donors (Lipinski definition) is 1. The number of rotatable bonds is 3. The van der Waals surface area contributed by atoms with Crippen molar-refractivity contribution in [2.24, 2.45) is 0 Å². The largest absolute Gasteiger partial charge is 0.355 e. The van der Waals surface area contributed by atoms with Crippen LogP contribution in [-0.2, 0) is 5.41 Å². The van der Waals surface area contributed by atoms with Crippen LogP contribution in [0.15, 0.2) is 30.5 Å². The van der Waals surface area contributed by atoms with E-state index in [1.54, 1.807) is 6.07 Å². The second-order valence-electron chi connectivity index (χ2n) is 5.82. The van der Waals surface area contributed by atoms with E-state index in [0.717, 1.165) is 0 Å². The summed E-state index contributed by atoms with van der Waals surface area (Å²) in [4.78, 5) is 13.7. The Morgan fingerprint density at radius 1 is 1.24 bits per heavy atom. The molecule has 0 aliphatic heterocycles. The van der Waals surface area contributed by atoms with Crippen molar-refractivity contribution in [3.8, 4) is 11.3 Å². The van der Waals surface area contributed by atoms with Gasteiger partial charge in [0.05, 0.1) is 10.5 Å². The first-order valence-corrected chi connectivity index (χ1v) is 6.47. The minimum atomic E-state index is -2.69. The molecule has 1 N–H and O–H groups in total. The minimum absolute atomic E-state index is 0.126. The summed E-state index contributed by atoms with van der Waals surface area (Å²) in [5, 5.41) is 11.4. The Kier molecular flexibility index (Phi) is 3.80. The zero-order valence-electron chi connectivity index (χ0n) is 12.0. The van der Waals surface area contributed by atoms with Crippen LogP contribution in [0.1, 0.15) is 38.3 Å². The van der Waals surface area contributed by atoms with Crippen LogP contribution in [0.25, 0.3) is 11.3 Å². The van der Waals surface area contributed by atoms with Gasteiger partial charge in [0.2, 0.25) is 0 Å². The molecule has 0 fully saturated rings. The van der Waals surface area contributed by atoms with E-state index in [9.17, 15) is 18.9 Å². The fourth-order valence-corrected chi connectivity index (χ4v) is 2.30. The van der Waals surface area contributed by atoms with Gasteiger partial charge in [-0.3, -0.25) is 10.1 Å². The van der Waals surface area contributed by atoms with Gasteiger partial charge in [0.15, 0.2) is 0 Å². The molecule has 0 spiro atoms. The van der Waals surface area contributed by atoms with Crippen LogP contribution in [0, 0.1) is 10.1 Å². The highest BCUT2D eigenvalue weighted by Gasteiger charge is 2.32. The monoisotopic (exact) mass is 294 g/mol. The maximum Gasteiger partial charge on any atom is 0.298 e. The minimum Gasteiger partial charge on any atom is -0.355 e. The highest BCUT2D eigenvalue weighted by Crippen LogP contribution is 2.41. The van der Waals surface area contributed by atoms with Gasteiger partial charge >= 0.3 is 0 Å². The number of nitro groups is 1. The second-order valence-corrected chi connectivity index (χ2v) is 5.82. The van der Waals surface area contributed by atoms with Crippen LogP contribution in [0.5, 0.6) is 0 Å². The van der Waals surface area contributed by atoms with E-state index in [-0.39, 0.29) is 22.5 Å². The SMILES string of the molecule is CC(C)(C)c1c[nH]c(-c2ccccc2C(F)F)c1[N+](=O)[O-]. The summed E-state index contributed by atoms with van der Waals surface area (Å²) in [5.74, 6) is 0. The number of nitrogens with zero attached hydrogens (tertiary/aromatic N) is 1. The standard InChI is InChI=1S/C15H16F2N2O2/c1-15(2,3)11-8-18-12(13(11)19(20)21)9-6-4-5-7-10(9)14(16)17/h4-8,14,18H,1-3H3. The summed E-state index contributed by atoms with van der Waals surface area (Å²) >= 11 is 0. The van der Waals surface area contributed by atoms with Gasteiger partial charge in [-0.05, 0) is 5.41 Å². The number of aromatic nitrogens is 1. The van der Waals surface area contributed by atoms with Crippen molar-refractivity contribution < 1.29 is 13.7 Å². The van der Waals surface area contributed by atoms with Crippen LogP contribution in [0.4, 0.5) is 14.5 Å². The average molecular weight is 294 g/mol. The van der Waals surface area contributed by atoms with E-state index in [1.165, 1.54) is 24.4 Å². The number of benzene rings is 1. The number of halogens is 2. The number of alkyl halides is 2. The summed E-state index contributed by atoms with van der Waals surface area (Å²) in [6.45, 7) is 5.52. The first kappa shape index (κ1) is 15.2. The third-order valence-corrected chi connectivity index (χ3v) is 3.31. The third-order valence-electron chi connectivity index (χ3n) is 3.31. The lowest BCUT2D eigenvalue weighted by Crippen LogP contribution is -2.12. The molecule has 0 atom stereocenters. The average Bonchev–Trinajstić information content (AvgIpc) is 2.83. The first-order chi connectivity index (χ1) is 9.73. The summed E-state index contributed by atoms with van der Waals surface area (Å²) in [6, 6.07) is 5.82. The molecule has 4 nitrogen and oxygen atoms in total. The topological polar surface area (TPSA) is 58.9 Å². The molecule has 21 heavy (non-hydrogen) atoms. The molecule has 1 heterocycles. The molecule has 0 radical (unpaired) electrons. The molecule has 0 bridgehead atoms. The molecule has 0 amide bonds. The molecule has 1 aromatic heterocycles. The fourth-order valence-electron chi connectivity index (χ4n) is 2.30. The van der Waals surface area contributed by atoms with Crippen molar-refractivity contribution in [2.75, 3.05) is 0 Å². The van der Waals surface area contributed by atoms with E-state index in [0.29, 0.717) is 5.56 Å². The zero-order chi connectivity index (χ0) is 15.8. The number of nitrogens with one attached hydrogen (secondary N) is 1. The van der Waals surface area contributed by atoms with Gasteiger partial charge in [-0.15, -0.1) is 0 Å². The Balaban J connectivity index is 2.72. The maximum atomic E-state index is 13.1. The van der Waals surface area contributed by atoms with Crippen LogP contribution in [0.3, 0.4) is 0 Å². The molecular weight excluding hydrogens is 278 g/mol. The van der Waals surface area contributed by atoms with Gasteiger partial charge in [-0.2, -0.15) is 0 Å². The lowest BCUT2D eigenvalue weighted by atomic mass is 9.87. The van der Waals surface area contributed by atoms with Crippen molar-refractivity contribution in [3.63, 3.8) is 0 Å². The third kappa shape index (κ3) is 2.79. The summed E-state index contributed by atoms with van der Waals surface area (Å²) < 4.78 is 26.2. The predicted molar refractivity (Wildman–Crippen MR) is 76.5 cm³/mol. The van der Waals surface area contributed by atoms with E-state index in [4.69, 9.17) is 0 Å². The zero-order valence-corrected chi connectivity index (χ0v) is 12.0. The van der Waals surface area contributed by atoms with Crippen molar-refractivity contribution in [3.05, 3.63) is 51.7 Å². The fraction of sp³-hybridized carbons (Fsp3) is 0.333. The van der Waals surface area contributed by atoms with Crippen molar-refractivity contribution in [1.82, 2.24) is 4.98 Å². The molecule has 0 aliphatic carbocycles. The highest BCUT2D eigenvalue weighted by atomic mass is 19.3. The molecule has 0 unspecified atom stereocenters. The van der Waals surface area contributed by atoms with E-state index < -0.39 is 16.8 Å². The van der Waals surface area contributed by atoms with Gasteiger partial charge in [0, 0.05) is 17.3 Å². The van der Waals surface area contributed by atoms with Gasteiger partial charge in [-0.25, -0.2) is 8.78 Å². The van der Waals surface area contributed by atoms with Gasteiger partial charge < -0.3 is 4.98 Å². The summed E-state index contributed by atoms with van der Waals surface area (Å²) in [6.07, 6.45) is -1.17. The Bertz CT molecular complexity index is 673. The number of H-pyrrole nitrogens is 1. The van der Waals surface area contributed by atoms with Gasteiger partial charge in [0.1, 0.15) is 5.69 Å². The van der Waals surface area contributed by atoms with Crippen molar-refractivity contribution >= 4 is 5.69 Å². The van der Waals surface area contributed by atoms with Crippen molar-refractivity contribution in [1.29, 1.82) is 0 Å². The molecule has 0 saturated carbocycles. The van der Waals surface area contributed by atoms with Crippen molar-refractivity contribution in [2.45, 2.75) is 32.6 Å². The molecule has 0 saturated heterocycles. The lowest BCUT2D eigenvalue weighted by Gasteiger charge is -2.16. The molecule has 6 heteroatoms. The van der Waals surface area contributed by atoms with Crippen LogP contribution < -0.4 is 0 Å². The molecule has 112 valence electrons. The normalized spacial score (nSPS) is 11.9. The van der Waals surface area contributed by atoms with E-state index in [2.05, 4.69) is 4.98 Å². The quantitative estimate of drug-likeness (QED) is 0.651. The Hall–Kier alpha value is -2.24. The predicted octanol–water partition coefficient (Wildman–Crippen LogP) is 4.83. The Morgan fingerprint density at radius 3 is 2.38 bits per heavy atom. The van der Waals surface area contributed by atoms with E-state index >= 15 is 0 Å². The molecule has 0 aliphatic rings.